The zero-order valence-electron chi connectivity index (χ0n) is 32.6. The molecule has 15 nitrogen and oxygen atoms in total. The number of hydrogen-bond acceptors (Lipinski definition) is 10. The van der Waals surface area contributed by atoms with Gasteiger partial charge in [-0.05, 0) is 80.7 Å². The van der Waals surface area contributed by atoms with Crippen LogP contribution < -0.4 is 26.1 Å². The van der Waals surface area contributed by atoms with Crippen LogP contribution in [-0.4, -0.2) is 91.5 Å². The molecule has 1 aromatic carbocycles. The van der Waals surface area contributed by atoms with Crippen LogP contribution >= 0.6 is 0 Å². The molecule has 5 aromatic rings. The normalized spacial score (nSPS) is 20.2. The van der Waals surface area contributed by atoms with Gasteiger partial charge in [0, 0.05) is 71.4 Å². The van der Waals surface area contributed by atoms with E-state index < -0.39 is 23.5 Å². The van der Waals surface area contributed by atoms with Gasteiger partial charge in [0.15, 0.2) is 0 Å². The molecule has 0 bridgehead atoms. The number of halogens is 1. The summed E-state index contributed by atoms with van der Waals surface area (Å²) in [6, 6.07) is 8.34. The Balaban J connectivity index is 0.853. The molecule has 7 heterocycles. The average molecular weight is 778 g/mol. The highest BCUT2D eigenvalue weighted by molar-refractivity contribution is 6.01. The number of nitrogens with one attached hydrogen (secondary N) is 2. The van der Waals surface area contributed by atoms with Crippen LogP contribution in [0.4, 0.5) is 27.5 Å². The zero-order chi connectivity index (χ0) is 39.6. The Labute approximate surface area is 328 Å². The molecule has 4 fully saturated rings. The lowest BCUT2D eigenvalue weighted by Crippen LogP contribution is -2.47. The predicted octanol–water partition coefficient (Wildman–Crippen LogP) is 5.04. The lowest BCUT2D eigenvalue weighted by molar-refractivity contribution is -0.135. The summed E-state index contributed by atoms with van der Waals surface area (Å²) >= 11 is 0. The van der Waals surface area contributed by atoms with Crippen molar-refractivity contribution in [1.82, 2.24) is 38.9 Å². The highest BCUT2D eigenvalue weighted by atomic mass is 19.1. The standard InChI is InChI=1S/C41H48FN11O4/c1-48(2)38(56)31-22-25-23-44-39(47-36(25)52(31)26-6-4-5-7-26)45-32-12-8-27(24-43-32)50-18-14-41(15-19-50)16-20-51(21-17-41)29-10-9-28(42)34-35(29)49(3)40(57)53(34)30-11-13-33(54)46-37(30)55/h8-10,12,22-24,26,30H,4-7,11,13-21H2,1-3H3,(H,46,54,55)(H,43,44,45,47)/t30-/m0/s1. The first kappa shape index (κ1) is 36.8. The maximum absolute atomic E-state index is 15.5. The van der Waals surface area contributed by atoms with E-state index in [1.807, 2.05) is 18.3 Å². The van der Waals surface area contributed by atoms with Crippen molar-refractivity contribution in [3.05, 3.63) is 64.7 Å². The largest absolute Gasteiger partial charge is 0.370 e. The molecule has 4 aromatic heterocycles. The van der Waals surface area contributed by atoms with E-state index in [0.29, 0.717) is 23.0 Å². The number of piperidine rings is 3. The summed E-state index contributed by atoms with van der Waals surface area (Å²) in [7, 11) is 5.16. The van der Waals surface area contributed by atoms with Crippen LogP contribution in [0, 0.1) is 11.2 Å². The second kappa shape index (κ2) is 14.3. The smallest absolute Gasteiger partial charge is 0.329 e. The molecule has 0 unspecified atom stereocenters. The van der Waals surface area contributed by atoms with Gasteiger partial charge in [0.2, 0.25) is 17.8 Å². The van der Waals surface area contributed by atoms with Crippen LogP contribution in [0.2, 0.25) is 0 Å². The number of amides is 3. The van der Waals surface area contributed by atoms with Crippen LogP contribution in [0.25, 0.3) is 22.1 Å². The van der Waals surface area contributed by atoms with Crippen molar-refractivity contribution in [2.45, 2.75) is 76.3 Å². The minimum absolute atomic E-state index is 0.0398. The molecule has 9 rings (SSSR count). The van der Waals surface area contributed by atoms with Crippen LogP contribution in [0.15, 0.2) is 47.5 Å². The number of carbonyl (C=O) groups is 3. The van der Waals surface area contributed by atoms with Crippen LogP contribution in [-0.2, 0) is 16.6 Å². The van der Waals surface area contributed by atoms with Crippen molar-refractivity contribution in [3.63, 3.8) is 0 Å². The molecule has 4 aliphatic rings. The Hall–Kier alpha value is -5.80. The van der Waals surface area contributed by atoms with Gasteiger partial charge in [-0.3, -0.25) is 28.8 Å². The van der Waals surface area contributed by atoms with Crippen molar-refractivity contribution in [3.8, 4) is 0 Å². The summed E-state index contributed by atoms with van der Waals surface area (Å²) in [6.45, 7) is 3.36. The van der Waals surface area contributed by atoms with Crippen LogP contribution in [0.1, 0.15) is 86.8 Å². The monoisotopic (exact) mass is 777 g/mol. The van der Waals surface area contributed by atoms with Gasteiger partial charge in [-0.25, -0.2) is 19.2 Å². The van der Waals surface area contributed by atoms with Crippen molar-refractivity contribution < 1.29 is 18.8 Å². The van der Waals surface area contributed by atoms with Gasteiger partial charge in [0.05, 0.1) is 23.1 Å². The minimum Gasteiger partial charge on any atom is -0.370 e. The SMILES string of the molecule is CN(C)C(=O)c1cc2cnc(Nc3ccc(N4CCC5(CC4)CCN(c4ccc(F)c6c4n(C)c(=O)n6[C@H]4CCC(=O)NC4=O)CC5)cn3)nc2n1C1CCCC1. The second-order valence-corrected chi connectivity index (χ2v) is 16.5. The Morgan fingerprint density at radius 1 is 0.895 bits per heavy atom. The highest BCUT2D eigenvalue weighted by Gasteiger charge is 2.39. The lowest BCUT2D eigenvalue weighted by Gasteiger charge is -2.48. The summed E-state index contributed by atoms with van der Waals surface area (Å²) in [5.41, 5.74) is 3.53. The van der Waals surface area contributed by atoms with E-state index in [0.717, 1.165) is 100.0 Å². The summed E-state index contributed by atoms with van der Waals surface area (Å²) < 4.78 is 20.2. The number of benzene rings is 1. The van der Waals surface area contributed by atoms with E-state index in [-0.39, 0.29) is 41.6 Å². The topological polar surface area (TPSA) is 156 Å². The van der Waals surface area contributed by atoms with Crippen molar-refractivity contribution in [2.24, 2.45) is 12.5 Å². The average Bonchev–Trinajstić information content (AvgIpc) is 3.93. The van der Waals surface area contributed by atoms with E-state index in [2.05, 4.69) is 36.1 Å². The zero-order valence-corrected chi connectivity index (χ0v) is 32.6. The van der Waals surface area contributed by atoms with Gasteiger partial charge in [-0.2, -0.15) is 4.98 Å². The van der Waals surface area contributed by atoms with Gasteiger partial charge >= 0.3 is 5.69 Å². The molecule has 0 radical (unpaired) electrons. The van der Waals surface area contributed by atoms with Gasteiger partial charge in [0.1, 0.15) is 34.5 Å². The summed E-state index contributed by atoms with van der Waals surface area (Å²) in [5.74, 6) is -0.496. The number of aromatic nitrogens is 6. The molecule has 57 heavy (non-hydrogen) atoms. The van der Waals surface area contributed by atoms with Gasteiger partial charge in [-0.15, -0.1) is 0 Å². The Morgan fingerprint density at radius 2 is 1.61 bits per heavy atom. The van der Waals surface area contributed by atoms with E-state index in [9.17, 15) is 19.2 Å². The number of fused-ring (bicyclic) bond motifs is 2. The number of rotatable bonds is 7. The number of imidazole rings is 1. The molecule has 1 atom stereocenters. The third-order valence-corrected chi connectivity index (χ3v) is 12.9. The molecular formula is C41H48FN11O4. The van der Waals surface area contributed by atoms with E-state index in [4.69, 9.17) is 9.97 Å². The molecule has 1 spiro atoms. The number of anilines is 4. The third-order valence-electron chi connectivity index (χ3n) is 12.9. The number of hydrogen-bond donors (Lipinski definition) is 2. The molecule has 3 aliphatic heterocycles. The first-order valence-corrected chi connectivity index (χ1v) is 20.1. The molecule has 3 saturated heterocycles. The number of pyridine rings is 1. The summed E-state index contributed by atoms with van der Waals surface area (Å²) in [6.07, 6.45) is 12.3. The molecule has 16 heteroatoms. The fourth-order valence-electron chi connectivity index (χ4n) is 9.65. The molecule has 1 saturated carbocycles. The molecule has 1 aliphatic carbocycles. The van der Waals surface area contributed by atoms with Crippen LogP contribution in [0.5, 0.6) is 0 Å². The second-order valence-electron chi connectivity index (χ2n) is 16.5. The third kappa shape index (κ3) is 6.48. The maximum atomic E-state index is 15.5. The first-order valence-electron chi connectivity index (χ1n) is 20.1. The molecule has 3 amide bonds. The molecule has 2 N–H and O–H groups in total. The van der Waals surface area contributed by atoms with Gasteiger partial charge < -0.3 is 24.6 Å². The van der Waals surface area contributed by atoms with E-state index >= 15 is 4.39 Å². The summed E-state index contributed by atoms with van der Waals surface area (Å²) in [4.78, 5) is 71.5. The predicted molar refractivity (Wildman–Crippen MR) is 214 cm³/mol. The van der Waals surface area contributed by atoms with Crippen molar-refractivity contribution in [1.29, 1.82) is 0 Å². The Kier molecular flexibility index (Phi) is 9.23. The fraction of sp³-hybridized carbons (Fsp3) is 0.488. The minimum atomic E-state index is -0.944. The van der Waals surface area contributed by atoms with Crippen LogP contribution in [0.3, 0.4) is 0 Å². The van der Waals surface area contributed by atoms with Gasteiger partial charge in [0.25, 0.3) is 5.91 Å². The molecule has 298 valence electrons. The number of imide groups is 1. The Bertz CT molecular complexity index is 2450. The lowest BCUT2D eigenvalue weighted by atomic mass is 9.71. The highest BCUT2D eigenvalue weighted by Crippen LogP contribution is 2.44. The fourth-order valence-corrected chi connectivity index (χ4v) is 9.65. The van der Waals surface area contributed by atoms with E-state index in [1.54, 1.807) is 38.3 Å². The first-order chi connectivity index (χ1) is 27.5. The summed E-state index contributed by atoms with van der Waals surface area (Å²) in [5, 5.41) is 6.42. The van der Waals surface area contributed by atoms with Crippen molar-refractivity contribution in [2.75, 3.05) is 55.4 Å². The number of nitrogens with zero attached hydrogens (tertiary/aromatic N) is 9. The quantitative estimate of drug-likeness (QED) is 0.215. The Morgan fingerprint density at radius 3 is 2.28 bits per heavy atom. The molecular weight excluding hydrogens is 730 g/mol. The number of aryl methyl sites for hydroxylation is 1. The number of carbonyl (C=O) groups excluding carboxylic acids is 3. The van der Waals surface area contributed by atoms with Crippen molar-refractivity contribution >= 4 is 62.9 Å². The van der Waals surface area contributed by atoms with Gasteiger partial charge in [-0.1, -0.05) is 12.8 Å². The maximum Gasteiger partial charge on any atom is 0.329 e. The van der Waals surface area contributed by atoms with E-state index in [1.165, 1.54) is 15.2 Å².